The number of sulfonamides is 1. The van der Waals surface area contributed by atoms with Crippen molar-refractivity contribution in [1.29, 1.82) is 0 Å². The highest BCUT2D eigenvalue weighted by Crippen LogP contribution is 2.27. The van der Waals surface area contributed by atoms with E-state index < -0.39 is 10.0 Å². The Bertz CT molecular complexity index is 1460. The maximum atomic E-state index is 13.2. The van der Waals surface area contributed by atoms with Crippen LogP contribution in [0.1, 0.15) is 34.8 Å². The van der Waals surface area contributed by atoms with Crippen molar-refractivity contribution < 1.29 is 17.9 Å². The number of amides is 1. The molecule has 0 bridgehead atoms. The Morgan fingerprint density at radius 1 is 1.08 bits per heavy atom. The van der Waals surface area contributed by atoms with Crippen LogP contribution in [-0.4, -0.2) is 57.4 Å². The molecule has 4 rings (SSSR count). The van der Waals surface area contributed by atoms with Gasteiger partial charge in [0.1, 0.15) is 10.6 Å². The summed E-state index contributed by atoms with van der Waals surface area (Å²) in [5.41, 5.74) is 8.86. The fourth-order valence-electron chi connectivity index (χ4n) is 4.59. The van der Waals surface area contributed by atoms with Crippen LogP contribution in [0.4, 0.5) is 11.4 Å². The average Bonchev–Trinajstić information content (AvgIpc) is 3.15. The molecule has 1 aliphatic rings. The number of allylic oxidation sites excluding steroid dienone is 1. The predicted molar refractivity (Wildman–Crippen MR) is 157 cm³/mol. The van der Waals surface area contributed by atoms with Gasteiger partial charge in [-0.05, 0) is 66.9 Å². The zero-order valence-electron chi connectivity index (χ0n) is 22.1. The van der Waals surface area contributed by atoms with E-state index in [0.717, 1.165) is 31.6 Å². The van der Waals surface area contributed by atoms with E-state index in [1.165, 1.54) is 6.07 Å². The Balaban J connectivity index is 1.38. The monoisotopic (exact) mass is 568 g/mol. The molecule has 0 saturated carbocycles. The number of rotatable bonds is 8. The summed E-state index contributed by atoms with van der Waals surface area (Å²) in [5.74, 6) is 0.566. The van der Waals surface area contributed by atoms with Crippen molar-refractivity contribution in [2.45, 2.75) is 24.8 Å². The summed E-state index contributed by atoms with van der Waals surface area (Å²) < 4.78 is 33.8. The lowest BCUT2D eigenvalue weighted by Crippen LogP contribution is -2.35. The Morgan fingerprint density at radius 2 is 1.85 bits per heavy atom. The lowest BCUT2D eigenvalue weighted by Gasteiger charge is -2.22. The van der Waals surface area contributed by atoms with Gasteiger partial charge in [0.25, 0.3) is 15.9 Å². The van der Waals surface area contributed by atoms with E-state index in [1.54, 1.807) is 55.7 Å². The number of carbonyl (C=O) groups excluding carboxylic acids is 1. The van der Waals surface area contributed by atoms with Gasteiger partial charge in [0, 0.05) is 44.0 Å². The van der Waals surface area contributed by atoms with Crippen molar-refractivity contribution in [1.82, 2.24) is 9.80 Å². The lowest BCUT2D eigenvalue weighted by molar-refractivity contribution is 0.0761. The molecule has 0 aromatic heterocycles. The minimum atomic E-state index is -3.91. The van der Waals surface area contributed by atoms with Gasteiger partial charge in [-0.2, -0.15) is 0 Å². The lowest BCUT2D eigenvalue weighted by atomic mass is 10.2. The fraction of sp³-hybridized carbons (Fsp3) is 0.276. The van der Waals surface area contributed by atoms with Crippen molar-refractivity contribution in [2.75, 3.05) is 43.7 Å². The Hall–Kier alpha value is -3.53. The topological polar surface area (TPSA) is 105 Å². The first-order chi connectivity index (χ1) is 18.7. The molecule has 0 radical (unpaired) electrons. The van der Waals surface area contributed by atoms with E-state index in [1.807, 2.05) is 30.0 Å². The summed E-state index contributed by atoms with van der Waals surface area (Å²) in [7, 11) is -2.31. The molecule has 0 spiro atoms. The van der Waals surface area contributed by atoms with Gasteiger partial charge < -0.3 is 15.4 Å². The molecular weight excluding hydrogens is 536 g/mol. The molecule has 3 aromatic carbocycles. The van der Waals surface area contributed by atoms with Gasteiger partial charge in [-0.1, -0.05) is 42.0 Å². The molecule has 1 heterocycles. The van der Waals surface area contributed by atoms with Gasteiger partial charge >= 0.3 is 0 Å². The first kappa shape index (κ1) is 28.5. The Kier molecular flexibility index (Phi) is 9.16. The summed E-state index contributed by atoms with van der Waals surface area (Å²) in [6, 6.07) is 17.1. The van der Waals surface area contributed by atoms with Crippen LogP contribution in [-0.2, 0) is 16.6 Å². The molecule has 1 saturated heterocycles. The van der Waals surface area contributed by atoms with Gasteiger partial charge in [-0.3, -0.25) is 14.4 Å². The van der Waals surface area contributed by atoms with Crippen LogP contribution in [0, 0.1) is 0 Å². The van der Waals surface area contributed by atoms with Gasteiger partial charge in [0.2, 0.25) is 0 Å². The van der Waals surface area contributed by atoms with Gasteiger partial charge in [0.05, 0.1) is 17.8 Å². The molecule has 3 aromatic rings. The number of anilines is 2. The molecule has 1 fully saturated rings. The second kappa shape index (κ2) is 12.5. The molecule has 206 valence electrons. The van der Waals surface area contributed by atoms with Crippen molar-refractivity contribution in [3.05, 3.63) is 88.5 Å². The number of nitrogens with one attached hydrogen (secondary N) is 1. The Labute approximate surface area is 235 Å². The summed E-state index contributed by atoms with van der Waals surface area (Å²) in [6.07, 6.45) is 4.40. The molecule has 1 amide bonds. The number of nitrogen functional groups attached to an aromatic ring is 1. The molecule has 8 nitrogen and oxygen atoms in total. The number of benzene rings is 3. The highest BCUT2D eigenvalue weighted by atomic mass is 35.5. The van der Waals surface area contributed by atoms with Crippen molar-refractivity contribution in [3.63, 3.8) is 0 Å². The third-order valence-corrected chi connectivity index (χ3v) is 8.35. The zero-order chi connectivity index (χ0) is 28.0. The third kappa shape index (κ3) is 6.92. The Morgan fingerprint density at radius 3 is 2.54 bits per heavy atom. The van der Waals surface area contributed by atoms with Crippen LogP contribution in [0.5, 0.6) is 5.75 Å². The number of hydrogen-bond donors (Lipinski definition) is 2. The zero-order valence-corrected chi connectivity index (χ0v) is 23.6. The normalized spacial score (nSPS) is 14.8. The van der Waals surface area contributed by atoms with Crippen LogP contribution in [0.15, 0.2) is 71.6 Å². The van der Waals surface area contributed by atoms with Crippen LogP contribution >= 0.6 is 11.6 Å². The molecule has 0 atom stereocenters. The summed E-state index contributed by atoms with van der Waals surface area (Å²) >= 11 is 6.27. The maximum absolute atomic E-state index is 13.2. The van der Waals surface area contributed by atoms with Crippen molar-refractivity contribution >= 4 is 45.0 Å². The van der Waals surface area contributed by atoms with E-state index in [9.17, 15) is 13.2 Å². The van der Waals surface area contributed by atoms with E-state index in [-0.39, 0.29) is 16.5 Å². The third-order valence-electron chi connectivity index (χ3n) is 6.62. The number of methoxy groups -OCH3 is 1. The van der Waals surface area contributed by atoms with Crippen molar-refractivity contribution in [3.8, 4) is 5.75 Å². The average molecular weight is 569 g/mol. The van der Waals surface area contributed by atoms with Gasteiger partial charge in [-0.15, -0.1) is 0 Å². The van der Waals surface area contributed by atoms with Crippen LogP contribution < -0.4 is 15.2 Å². The second-order valence-corrected chi connectivity index (χ2v) is 11.4. The van der Waals surface area contributed by atoms with Gasteiger partial charge in [-0.25, -0.2) is 8.42 Å². The molecule has 0 unspecified atom stereocenters. The maximum Gasteiger partial charge on any atom is 0.263 e. The quantitative estimate of drug-likeness (QED) is 0.366. The number of para-hydroxylation sites is 1. The molecular formula is C29H33ClN4O4S. The standard InChI is InChI=1S/C29H33ClN4O4S/c1-3-6-22-7-4-8-27(28(22)31)39(36,37)32-24-12-10-23(11-13-24)29(35)34-16-5-15-33(17-18-34)20-21-9-14-26(38-2)25(30)19-21/h3-4,6-14,19,32H,5,15-18,20,31H2,1-2H3/b6-3-. The van der Waals surface area contributed by atoms with E-state index in [4.69, 9.17) is 22.1 Å². The molecule has 1 aliphatic heterocycles. The summed E-state index contributed by atoms with van der Waals surface area (Å²) in [5, 5.41) is 0.581. The summed E-state index contributed by atoms with van der Waals surface area (Å²) in [4.78, 5) is 17.4. The highest BCUT2D eigenvalue weighted by Gasteiger charge is 2.22. The first-order valence-electron chi connectivity index (χ1n) is 12.7. The highest BCUT2D eigenvalue weighted by molar-refractivity contribution is 7.92. The molecule has 10 heteroatoms. The molecule has 3 N–H and O–H groups in total. The number of nitrogens with zero attached hydrogens (tertiary/aromatic N) is 2. The van der Waals surface area contributed by atoms with Crippen LogP contribution in [0.2, 0.25) is 5.02 Å². The number of halogens is 1. The smallest absolute Gasteiger partial charge is 0.263 e. The number of hydrogen-bond acceptors (Lipinski definition) is 6. The van der Waals surface area contributed by atoms with Crippen molar-refractivity contribution in [2.24, 2.45) is 0 Å². The number of carbonyl (C=O) groups is 1. The molecule has 39 heavy (non-hydrogen) atoms. The van der Waals surface area contributed by atoms with E-state index in [0.29, 0.717) is 40.7 Å². The number of nitrogens with two attached hydrogens (primary N) is 1. The summed E-state index contributed by atoms with van der Waals surface area (Å²) in [6.45, 7) is 5.42. The van der Waals surface area contributed by atoms with E-state index in [2.05, 4.69) is 9.62 Å². The van der Waals surface area contributed by atoms with Gasteiger partial charge in [0.15, 0.2) is 0 Å². The predicted octanol–water partition coefficient (Wildman–Crippen LogP) is 5.11. The fourth-order valence-corrected chi connectivity index (χ4v) is 6.09. The SMILES string of the molecule is C/C=C\c1cccc(S(=O)(=O)Nc2ccc(C(=O)N3CCCN(Cc4ccc(OC)c(Cl)c4)CC3)cc2)c1N. The first-order valence-corrected chi connectivity index (χ1v) is 14.6. The van der Waals surface area contributed by atoms with E-state index >= 15 is 0 Å². The van der Waals surface area contributed by atoms with Crippen LogP contribution in [0.3, 0.4) is 0 Å². The largest absolute Gasteiger partial charge is 0.495 e. The number of ether oxygens (including phenoxy) is 1. The molecule has 0 aliphatic carbocycles. The minimum Gasteiger partial charge on any atom is -0.495 e. The second-order valence-electron chi connectivity index (χ2n) is 9.33. The van der Waals surface area contributed by atoms with Crippen LogP contribution in [0.25, 0.3) is 6.08 Å². The minimum absolute atomic E-state index is 0.00397.